The van der Waals surface area contributed by atoms with E-state index in [0.29, 0.717) is 94.3 Å². The van der Waals surface area contributed by atoms with E-state index in [9.17, 15) is 39.6 Å². The van der Waals surface area contributed by atoms with Gasteiger partial charge in [-0.25, -0.2) is 19.2 Å². The van der Waals surface area contributed by atoms with E-state index in [1.165, 1.54) is 0 Å². The summed E-state index contributed by atoms with van der Waals surface area (Å²) in [5.74, 6) is 1.17. The second-order valence-electron chi connectivity index (χ2n) is 23.2. The fourth-order valence-electron chi connectivity index (χ4n) is 9.73. The fourth-order valence-corrected chi connectivity index (χ4v) is 9.73. The maximum atomic E-state index is 13.2. The molecular formula is C77H88O20. The Morgan fingerprint density at radius 3 is 0.814 bits per heavy atom. The lowest BCUT2D eigenvalue weighted by Gasteiger charge is -2.21. The number of ether oxygens (including phenoxy) is 12. The van der Waals surface area contributed by atoms with E-state index in [0.717, 1.165) is 62.1 Å². The number of fused-ring (bicyclic) bond motifs is 2. The highest BCUT2D eigenvalue weighted by Crippen LogP contribution is 2.39. The average molecular weight is 1330 g/mol. The molecule has 0 fully saturated rings. The van der Waals surface area contributed by atoms with Gasteiger partial charge in [-0.05, 0) is 181 Å². The number of hydrogen-bond donors (Lipinski definition) is 4. The summed E-state index contributed by atoms with van der Waals surface area (Å²) in [6.07, 6.45) is 2.46. The highest BCUT2D eigenvalue weighted by Gasteiger charge is 2.22. The topological polar surface area (TPSA) is 260 Å². The molecule has 97 heavy (non-hydrogen) atoms. The molecule has 0 saturated heterocycles. The molecule has 8 rings (SSSR count). The zero-order valence-corrected chi connectivity index (χ0v) is 55.5. The van der Waals surface area contributed by atoms with E-state index in [2.05, 4.69) is 27.7 Å². The van der Waals surface area contributed by atoms with Crippen LogP contribution in [0.25, 0.3) is 21.5 Å². The predicted octanol–water partition coefficient (Wildman–Crippen LogP) is 12.7. The molecule has 0 amide bonds. The van der Waals surface area contributed by atoms with E-state index in [1.54, 1.807) is 133 Å². The normalized spacial score (nSPS) is 12.4. The Bertz CT molecular complexity index is 3490. The van der Waals surface area contributed by atoms with Gasteiger partial charge in [0, 0.05) is 17.5 Å². The summed E-state index contributed by atoms with van der Waals surface area (Å²) < 4.78 is 70.1. The van der Waals surface area contributed by atoms with E-state index < -0.39 is 61.5 Å². The Morgan fingerprint density at radius 1 is 0.299 bits per heavy atom. The highest BCUT2D eigenvalue weighted by atomic mass is 16.6. The van der Waals surface area contributed by atoms with Crippen molar-refractivity contribution in [3.05, 3.63) is 191 Å². The Morgan fingerprint density at radius 2 is 0.546 bits per heavy atom. The van der Waals surface area contributed by atoms with Gasteiger partial charge in [0.15, 0.2) is 0 Å². The van der Waals surface area contributed by atoms with Gasteiger partial charge in [0.05, 0.1) is 48.7 Å². The third-order valence-electron chi connectivity index (χ3n) is 15.3. The number of carbonyl (C=O) groups is 4. The van der Waals surface area contributed by atoms with Crippen LogP contribution in [0.1, 0.15) is 132 Å². The second-order valence-corrected chi connectivity index (χ2v) is 23.2. The quantitative estimate of drug-likeness (QED) is 0.0157. The molecule has 0 saturated carbocycles. The minimum atomic E-state index is -1.30. The SMILES string of the molecule is CCCCOc1ccc(C(=O)OCC(O)COc2ccc3ccc(OCC(O)COC(=O)c4ccc(OCCCC)cc4)c(Cc4c(OCC(O)COC(=O)c5ccc(OCCCC)cc5)ccc5ccc(OCC(O)COC(=O)c6ccc(OCCCC)cc6)cc45)c3c2)cc1. The molecule has 516 valence electrons. The van der Waals surface area contributed by atoms with E-state index in [-0.39, 0.29) is 68.3 Å². The number of hydrogen-bond acceptors (Lipinski definition) is 20. The molecule has 0 aliphatic carbocycles. The number of aliphatic hydroxyl groups is 4. The van der Waals surface area contributed by atoms with Gasteiger partial charge >= 0.3 is 23.9 Å². The van der Waals surface area contributed by atoms with Gasteiger partial charge in [-0.15, -0.1) is 0 Å². The van der Waals surface area contributed by atoms with Gasteiger partial charge in [0.2, 0.25) is 0 Å². The molecule has 8 aromatic carbocycles. The minimum Gasteiger partial charge on any atom is -0.494 e. The van der Waals surface area contributed by atoms with Crippen molar-refractivity contribution in [2.24, 2.45) is 0 Å². The predicted molar refractivity (Wildman–Crippen MR) is 365 cm³/mol. The summed E-state index contributed by atoms with van der Waals surface area (Å²) >= 11 is 0. The van der Waals surface area contributed by atoms with Crippen LogP contribution in [0.3, 0.4) is 0 Å². The minimum absolute atomic E-state index is 0.0353. The molecule has 4 N–H and O–H groups in total. The second kappa shape index (κ2) is 38.8. The molecule has 20 heteroatoms. The van der Waals surface area contributed by atoms with Crippen LogP contribution in [-0.4, -0.2) is 148 Å². The number of unbranched alkanes of at least 4 members (excludes halogenated alkanes) is 4. The van der Waals surface area contributed by atoms with Crippen LogP contribution in [0.15, 0.2) is 158 Å². The molecule has 4 atom stereocenters. The first-order chi connectivity index (χ1) is 47.2. The third kappa shape index (κ3) is 23.3. The number of rotatable bonds is 42. The van der Waals surface area contributed by atoms with Crippen molar-refractivity contribution in [2.45, 2.75) is 110 Å². The molecule has 0 radical (unpaired) electrons. The van der Waals surface area contributed by atoms with Gasteiger partial charge in [0.1, 0.15) is 123 Å². The first-order valence-corrected chi connectivity index (χ1v) is 33.1. The molecule has 0 spiro atoms. The van der Waals surface area contributed by atoms with Crippen LogP contribution in [0.5, 0.6) is 46.0 Å². The third-order valence-corrected chi connectivity index (χ3v) is 15.3. The molecule has 4 unspecified atom stereocenters. The van der Waals surface area contributed by atoms with Crippen LogP contribution < -0.4 is 37.9 Å². The maximum absolute atomic E-state index is 13.2. The summed E-state index contributed by atoms with van der Waals surface area (Å²) in [6, 6.07) is 43.9. The van der Waals surface area contributed by atoms with E-state index in [1.807, 2.05) is 24.3 Å². The Balaban J connectivity index is 1.05. The van der Waals surface area contributed by atoms with Crippen LogP contribution in [0, 0.1) is 0 Å². The van der Waals surface area contributed by atoms with Crippen LogP contribution >= 0.6 is 0 Å². The average Bonchev–Trinajstić information content (AvgIpc) is 0.774. The van der Waals surface area contributed by atoms with Crippen molar-refractivity contribution in [2.75, 3.05) is 79.3 Å². The lowest BCUT2D eigenvalue weighted by atomic mass is 9.93. The first-order valence-electron chi connectivity index (χ1n) is 33.1. The van der Waals surface area contributed by atoms with Crippen molar-refractivity contribution in [1.29, 1.82) is 0 Å². The first kappa shape index (κ1) is 73.2. The van der Waals surface area contributed by atoms with Crippen molar-refractivity contribution in [3.8, 4) is 46.0 Å². The van der Waals surface area contributed by atoms with Crippen molar-refractivity contribution in [3.63, 3.8) is 0 Å². The molecule has 0 aliphatic heterocycles. The molecule has 8 aromatic rings. The smallest absolute Gasteiger partial charge is 0.338 e. The highest BCUT2D eigenvalue weighted by molar-refractivity contribution is 5.94. The van der Waals surface area contributed by atoms with Gasteiger partial charge in [-0.1, -0.05) is 77.6 Å². The Labute approximate surface area is 565 Å². The number of benzene rings is 8. The largest absolute Gasteiger partial charge is 0.494 e. The molecule has 20 nitrogen and oxygen atoms in total. The van der Waals surface area contributed by atoms with E-state index >= 15 is 0 Å². The molecule has 0 heterocycles. The summed E-state index contributed by atoms with van der Waals surface area (Å²) in [4.78, 5) is 52.3. The summed E-state index contributed by atoms with van der Waals surface area (Å²) in [7, 11) is 0. The summed E-state index contributed by atoms with van der Waals surface area (Å²) in [5, 5.41) is 47.5. The fraction of sp³-hybridized carbons (Fsp3) is 0.377. The maximum Gasteiger partial charge on any atom is 0.338 e. The zero-order chi connectivity index (χ0) is 68.7. The standard InChI is InChI=1S/C77H88O20/c1-5-9-37-86-62-25-15-54(16-26-62)74(82)94-48-58(78)44-90-66-33-13-52-23-35-72(92-46-60(80)50-96-76(84)56-19-29-64(30-20-56)88-39-11-7-3)70(68(52)41-66)43-71-69-42-67(91-45-59(79)49-95-75(83)55-17-27-63(28-18-55)87-38-10-6-2)34-14-53(69)24-36-73(71)93-47-61(81)51-97-77(85)57-21-31-65(32-22-57)89-40-12-8-4/h13-36,41-42,58-61,78-81H,5-12,37-40,43-51H2,1-4H3. The van der Waals surface area contributed by atoms with Gasteiger partial charge in [-0.2, -0.15) is 0 Å². The van der Waals surface area contributed by atoms with Gasteiger partial charge < -0.3 is 77.3 Å². The van der Waals surface area contributed by atoms with Crippen molar-refractivity contribution in [1.82, 2.24) is 0 Å². The van der Waals surface area contributed by atoms with Crippen molar-refractivity contribution >= 4 is 45.4 Å². The lowest BCUT2D eigenvalue weighted by molar-refractivity contribution is 0.0127. The number of carbonyl (C=O) groups excluding carboxylic acids is 4. The molecule has 0 bridgehead atoms. The summed E-state index contributed by atoms with van der Waals surface area (Å²) in [5.41, 5.74) is 2.21. The van der Waals surface area contributed by atoms with Crippen LogP contribution in [0.4, 0.5) is 0 Å². The lowest BCUT2D eigenvalue weighted by Crippen LogP contribution is -2.26. The molecular weight excluding hydrogens is 1240 g/mol. The number of esters is 4. The summed E-state index contributed by atoms with van der Waals surface area (Å²) in [6.45, 7) is 7.73. The molecule has 0 aromatic heterocycles. The molecule has 0 aliphatic rings. The van der Waals surface area contributed by atoms with Crippen LogP contribution in [-0.2, 0) is 25.4 Å². The van der Waals surface area contributed by atoms with Crippen molar-refractivity contribution < 1.29 is 96.4 Å². The van der Waals surface area contributed by atoms with E-state index in [4.69, 9.17) is 56.8 Å². The van der Waals surface area contributed by atoms with Gasteiger partial charge in [-0.3, -0.25) is 0 Å². The number of aliphatic hydroxyl groups excluding tert-OH is 4. The zero-order valence-electron chi connectivity index (χ0n) is 55.5. The Hall–Kier alpha value is -9.60. The monoisotopic (exact) mass is 1330 g/mol. The van der Waals surface area contributed by atoms with Crippen LogP contribution in [0.2, 0.25) is 0 Å². The Kier molecular flexibility index (Phi) is 29.3. The van der Waals surface area contributed by atoms with Gasteiger partial charge in [0.25, 0.3) is 0 Å².